The van der Waals surface area contributed by atoms with Crippen molar-refractivity contribution in [2.45, 2.75) is 32.3 Å². The third-order valence-electron chi connectivity index (χ3n) is 2.88. The number of aryl methyl sites for hydroxylation is 1. The topological polar surface area (TPSA) is 103 Å². The highest BCUT2D eigenvalue weighted by Crippen LogP contribution is 2.14. The number of hydrogen-bond donors (Lipinski definition) is 2. The molecule has 1 aromatic rings. The van der Waals surface area contributed by atoms with Gasteiger partial charge in [0.2, 0.25) is 0 Å². The molecular formula is C12H18N4O3. The fraction of sp³-hybridized carbons (Fsp3) is 0.583. The summed E-state index contributed by atoms with van der Waals surface area (Å²) in [6, 6.07) is 1.84. The highest BCUT2D eigenvalue weighted by Gasteiger charge is 2.15. The molecule has 2 rings (SSSR count). The zero-order chi connectivity index (χ0) is 13.7. The van der Waals surface area contributed by atoms with E-state index in [4.69, 9.17) is 20.4 Å². The van der Waals surface area contributed by atoms with Crippen molar-refractivity contribution in [3.63, 3.8) is 0 Å². The first-order chi connectivity index (χ1) is 9.19. The predicted octanol–water partition coefficient (Wildman–Crippen LogP) is 0.827. The molecule has 19 heavy (non-hydrogen) atoms. The summed E-state index contributed by atoms with van der Waals surface area (Å²) in [5.41, 5.74) is 6.53. The Bertz CT molecular complexity index is 458. The molecule has 1 atom stereocenters. The van der Waals surface area contributed by atoms with E-state index >= 15 is 0 Å². The second-order valence-electron chi connectivity index (χ2n) is 4.46. The summed E-state index contributed by atoms with van der Waals surface area (Å²) in [6.07, 6.45) is 3.33. The molecule has 1 aromatic heterocycles. The lowest BCUT2D eigenvalue weighted by atomic mass is 10.1. The van der Waals surface area contributed by atoms with Crippen molar-refractivity contribution in [3.8, 4) is 6.01 Å². The Balaban J connectivity index is 2.01. The van der Waals surface area contributed by atoms with E-state index in [1.807, 2.05) is 0 Å². The first kappa shape index (κ1) is 13.5. The molecule has 104 valence electrons. The normalized spacial score (nSPS) is 20.3. The third kappa shape index (κ3) is 3.78. The lowest BCUT2D eigenvalue weighted by Gasteiger charge is -2.22. The Labute approximate surface area is 111 Å². The summed E-state index contributed by atoms with van der Waals surface area (Å²) in [6.45, 7) is 2.98. The van der Waals surface area contributed by atoms with Gasteiger partial charge >= 0.3 is 6.01 Å². The number of hydrogen-bond acceptors (Lipinski definition) is 6. The van der Waals surface area contributed by atoms with E-state index in [-0.39, 0.29) is 18.0 Å². The van der Waals surface area contributed by atoms with Gasteiger partial charge in [-0.25, -0.2) is 4.98 Å². The average molecular weight is 266 g/mol. The van der Waals surface area contributed by atoms with Gasteiger partial charge in [0, 0.05) is 12.3 Å². The van der Waals surface area contributed by atoms with Crippen molar-refractivity contribution in [2.24, 2.45) is 10.9 Å². The van der Waals surface area contributed by atoms with Crippen LogP contribution in [0.5, 0.6) is 6.01 Å². The summed E-state index contributed by atoms with van der Waals surface area (Å²) >= 11 is 0. The van der Waals surface area contributed by atoms with Crippen LogP contribution in [0, 0.1) is 6.92 Å². The molecule has 0 aliphatic carbocycles. The molecule has 2 heterocycles. The highest BCUT2D eigenvalue weighted by atomic mass is 16.5. The van der Waals surface area contributed by atoms with Gasteiger partial charge in [-0.3, -0.25) is 0 Å². The Morgan fingerprint density at radius 2 is 2.42 bits per heavy atom. The van der Waals surface area contributed by atoms with Crippen LogP contribution in [0.25, 0.3) is 0 Å². The number of amidine groups is 1. The largest absolute Gasteiger partial charge is 0.461 e. The molecule has 3 N–H and O–H groups in total. The van der Waals surface area contributed by atoms with E-state index in [9.17, 15) is 0 Å². The van der Waals surface area contributed by atoms with Crippen LogP contribution in [0.4, 0.5) is 0 Å². The highest BCUT2D eigenvalue weighted by molar-refractivity contribution is 5.95. The fourth-order valence-electron chi connectivity index (χ4n) is 1.89. The van der Waals surface area contributed by atoms with E-state index in [2.05, 4.69) is 15.1 Å². The quantitative estimate of drug-likeness (QED) is 0.362. The minimum absolute atomic E-state index is 0.0655. The SMILES string of the molecule is Cc1cc(/C(N)=N/O)nc(OCC2CCCCO2)n1. The van der Waals surface area contributed by atoms with Crippen molar-refractivity contribution in [1.82, 2.24) is 9.97 Å². The summed E-state index contributed by atoms with van der Waals surface area (Å²) in [5.74, 6) is -0.0655. The molecule has 0 bridgehead atoms. The van der Waals surface area contributed by atoms with Gasteiger partial charge < -0.3 is 20.4 Å². The van der Waals surface area contributed by atoms with Crippen LogP contribution < -0.4 is 10.5 Å². The van der Waals surface area contributed by atoms with Crippen molar-refractivity contribution < 1.29 is 14.7 Å². The van der Waals surface area contributed by atoms with Crippen LogP contribution in [0.1, 0.15) is 30.7 Å². The molecule has 7 heteroatoms. The zero-order valence-electron chi connectivity index (χ0n) is 10.9. The van der Waals surface area contributed by atoms with Crippen LogP contribution >= 0.6 is 0 Å². The molecule has 0 saturated carbocycles. The van der Waals surface area contributed by atoms with Crippen LogP contribution in [0.15, 0.2) is 11.2 Å². The number of oxime groups is 1. The maximum Gasteiger partial charge on any atom is 0.317 e. The van der Waals surface area contributed by atoms with E-state index in [0.29, 0.717) is 18.0 Å². The van der Waals surface area contributed by atoms with Crippen molar-refractivity contribution in [1.29, 1.82) is 0 Å². The number of rotatable bonds is 4. The van der Waals surface area contributed by atoms with E-state index in [1.54, 1.807) is 13.0 Å². The number of nitrogens with zero attached hydrogens (tertiary/aromatic N) is 3. The first-order valence-corrected chi connectivity index (χ1v) is 6.27. The van der Waals surface area contributed by atoms with Crippen LogP contribution in [-0.4, -0.2) is 40.3 Å². The second kappa shape index (κ2) is 6.33. The lowest BCUT2D eigenvalue weighted by molar-refractivity contribution is -0.0129. The number of nitrogens with two attached hydrogens (primary N) is 1. The number of aromatic nitrogens is 2. The Hall–Kier alpha value is -1.89. The molecule has 1 aliphatic rings. The molecule has 0 radical (unpaired) electrons. The van der Waals surface area contributed by atoms with E-state index < -0.39 is 0 Å². The summed E-state index contributed by atoms with van der Waals surface area (Å²) in [5, 5.41) is 11.6. The molecular weight excluding hydrogens is 248 g/mol. The molecule has 1 unspecified atom stereocenters. The van der Waals surface area contributed by atoms with Crippen molar-refractivity contribution >= 4 is 5.84 Å². The Morgan fingerprint density at radius 1 is 1.58 bits per heavy atom. The Morgan fingerprint density at radius 3 is 3.11 bits per heavy atom. The molecule has 1 fully saturated rings. The summed E-state index contributed by atoms with van der Waals surface area (Å²) in [4.78, 5) is 8.24. The van der Waals surface area contributed by atoms with E-state index in [0.717, 1.165) is 25.9 Å². The molecule has 0 aromatic carbocycles. The lowest BCUT2D eigenvalue weighted by Crippen LogP contribution is -2.26. The summed E-state index contributed by atoms with van der Waals surface area (Å²) in [7, 11) is 0. The molecule has 0 amide bonds. The van der Waals surface area contributed by atoms with Crippen molar-refractivity contribution in [3.05, 3.63) is 17.5 Å². The molecule has 7 nitrogen and oxygen atoms in total. The summed E-state index contributed by atoms with van der Waals surface area (Å²) < 4.78 is 11.1. The standard InChI is InChI=1S/C12H18N4O3/c1-8-6-10(11(13)16-17)15-12(14-8)19-7-9-4-2-3-5-18-9/h6,9,17H,2-5,7H2,1H3,(H2,13,16). The van der Waals surface area contributed by atoms with Crippen LogP contribution in [-0.2, 0) is 4.74 Å². The van der Waals surface area contributed by atoms with Gasteiger partial charge in [-0.1, -0.05) is 5.16 Å². The van der Waals surface area contributed by atoms with Crippen LogP contribution in [0.2, 0.25) is 0 Å². The predicted molar refractivity (Wildman–Crippen MR) is 68.4 cm³/mol. The maximum atomic E-state index is 8.65. The van der Waals surface area contributed by atoms with Gasteiger partial charge in [0.15, 0.2) is 5.84 Å². The monoisotopic (exact) mass is 266 g/mol. The molecule has 1 saturated heterocycles. The van der Waals surface area contributed by atoms with E-state index in [1.165, 1.54) is 0 Å². The van der Waals surface area contributed by atoms with Gasteiger partial charge in [0.05, 0.1) is 6.10 Å². The average Bonchev–Trinajstić information content (AvgIpc) is 2.45. The van der Waals surface area contributed by atoms with Gasteiger partial charge in [0.1, 0.15) is 12.3 Å². The third-order valence-corrected chi connectivity index (χ3v) is 2.88. The smallest absolute Gasteiger partial charge is 0.317 e. The Kier molecular flexibility index (Phi) is 4.51. The second-order valence-corrected chi connectivity index (χ2v) is 4.46. The van der Waals surface area contributed by atoms with Gasteiger partial charge in [-0.2, -0.15) is 4.98 Å². The minimum atomic E-state index is -0.0655. The maximum absolute atomic E-state index is 8.65. The van der Waals surface area contributed by atoms with Gasteiger partial charge in [-0.05, 0) is 32.3 Å². The fourth-order valence-corrected chi connectivity index (χ4v) is 1.89. The van der Waals surface area contributed by atoms with Gasteiger partial charge in [-0.15, -0.1) is 0 Å². The molecule has 1 aliphatic heterocycles. The molecule has 0 spiro atoms. The number of ether oxygens (including phenoxy) is 2. The zero-order valence-corrected chi connectivity index (χ0v) is 10.9. The van der Waals surface area contributed by atoms with Crippen molar-refractivity contribution in [2.75, 3.05) is 13.2 Å². The van der Waals surface area contributed by atoms with Crippen LogP contribution in [0.3, 0.4) is 0 Å². The van der Waals surface area contributed by atoms with Gasteiger partial charge in [0.25, 0.3) is 0 Å². The minimum Gasteiger partial charge on any atom is -0.461 e. The first-order valence-electron chi connectivity index (χ1n) is 6.27.